The topological polar surface area (TPSA) is 46.2 Å². The lowest BCUT2D eigenvalue weighted by Crippen LogP contribution is -2.43. The van der Waals surface area contributed by atoms with Crippen molar-refractivity contribution in [3.8, 4) is 0 Å². The summed E-state index contributed by atoms with van der Waals surface area (Å²) in [6, 6.07) is 6.92. The summed E-state index contributed by atoms with van der Waals surface area (Å²) in [7, 11) is -3.42. The zero-order valence-corrected chi connectivity index (χ0v) is 12.5. The average molecular weight is 269 g/mol. The highest BCUT2D eigenvalue weighted by molar-refractivity contribution is 7.89. The van der Waals surface area contributed by atoms with Crippen LogP contribution in [-0.4, -0.2) is 14.0 Å². The van der Waals surface area contributed by atoms with Gasteiger partial charge in [0.25, 0.3) is 0 Å². The van der Waals surface area contributed by atoms with Crippen molar-refractivity contribution < 1.29 is 8.42 Å². The number of unbranched alkanes of at least 4 members (excludes halogenated alkanes) is 1. The van der Waals surface area contributed by atoms with Gasteiger partial charge in [-0.05, 0) is 39.3 Å². The molecule has 1 rings (SSSR count). The van der Waals surface area contributed by atoms with E-state index in [1.54, 1.807) is 12.1 Å². The number of benzene rings is 1. The highest BCUT2D eigenvalue weighted by Gasteiger charge is 2.25. The summed E-state index contributed by atoms with van der Waals surface area (Å²) < 4.78 is 27.2. The molecule has 1 aromatic carbocycles. The van der Waals surface area contributed by atoms with Gasteiger partial charge < -0.3 is 0 Å². The maximum atomic E-state index is 12.2. The number of rotatable bonds is 6. The summed E-state index contributed by atoms with van der Waals surface area (Å²) in [5.74, 6) is 0. The number of aryl methyl sites for hydroxylation is 1. The van der Waals surface area contributed by atoms with Crippen molar-refractivity contribution in [1.29, 1.82) is 0 Å². The summed E-state index contributed by atoms with van der Waals surface area (Å²) >= 11 is 0. The Balaban J connectivity index is 2.84. The van der Waals surface area contributed by atoms with Gasteiger partial charge in [-0.25, -0.2) is 13.1 Å². The molecule has 1 N–H and O–H groups in total. The molecule has 0 spiro atoms. The number of hydrogen-bond donors (Lipinski definition) is 1. The standard InChI is InChI=1S/C14H23NO2S/c1-5-6-11-14(3,4)15-18(16,17)13-9-7-12(2)8-10-13/h7-10,15H,5-6,11H2,1-4H3. The minimum atomic E-state index is -3.42. The van der Waals surface area contributed by atoms with E-state index in [1.165, 1.54) is 0 Å². The fourth-order valence-electron chi connectivity index (χ4n) is 1.81. The molecule has 0 unspecified atom stereocenters. The first-order valence-corrected chi connectivity index (χ1v) is 7.86. The molecule has 0 saturated heterocycles. The molecule has 4 heteroatoms. The molecule has 18 heavy (non-hydrogen) atoms. The van der Waals surface area contributed by atoms with Crippen LogP contribution in [0.25, 0.3) is 0 Å². The minimum Gasteiger partial charge on any atom is -0.207 e. The van der Waals surface area contributed by atoms with Crippen LogP contribution in [0.4, 0.5) is 0 Å². The first-order chi connectivity index (χ1) is 8.27. The second-order valence-electron chi connectivity index (χ2n) is 5.41. The van der Waals surface area contributed by atoms with E-state index in [9.17, 15) is 8.42 Å². The van der Waals surface area contributed by atoms with Crippen molar-refractivity contribution in [3.63, 3.8) is 0 Å². The second kappa shape index (κ2) is 5.85. The van der Waals surface area contributed by atoms with Gasteiger partial charge in [0.1, 0.15) is 0 Å². The lowest BCUT2D eigenvalue weighted by atomic mass is 9.99. The molecular weight excluding hydrogens is 246 g/mol. The Hall–Kier alpha value is -0.870. The third kappa shape index (κ3) is 4.42. The fourth-order valence-corrected chi connectivity index (χ4v) is 3.25. The summed E-state index contributed by atoms with van der Waals surface area (Å²) in [6.45, 7) is 7.89. The van der Waals surface area contributed by atoms with E-state index >= 15 is 0 Å². The predicted octanol–water partition coefficient (Wildman–Crippen LogP) is 3.24. The van der Waals surface area contributed by atoms with E-state index in [4.69, 9.17) is 0 Å². The summed E-state index contributed by atoms with van der Waals surface area (Å²) in [5.41, 5.74) is 0.652. The minimum absolute atomic E-state index is 0.331. The van der Waals surface area contributed by atoms with Crippen LogP contribution >= 0.6 is 0 Å². The zero-order valence-electron chi connectivity index (χ0n) is 11.7. The Bertz CT molecular complexity index is 475. The maximum Gasteiger partial charge on any atom is 0.241 e. The van der Waals surface area contributed by atoms with Gasteiger partial charge in [-0.1, -0.05) is 37.5 Å². The van der Waals surface area contributed by atoms with E-state index in [0.29, 0.717) is 4.90 Å². The molecule has 0 aliphatic heterocycles. The normalized spacial score (nSPS) is 12.7. The Morgan fingerprint density at radius 2 is 1.72 bits per heavy atom. The molecule has 3 nitrogen and oxygen atoms in total. The maximum absolute atomic E-state index is 12.2. The molecule has 0 aliphatic carbocycles. The van der Waals surface area contributed by atoms with Crippen LogP contribution in [0.5, 0.6) is 0 Å². The number of sulfonamides is 1. The first kappa shape index (κ1) is 15.2. The quantitative estimate of drug-likeness (QED) is 0.861. The van der Waals surface area contributed by atoms with E-state index < -0.39 is 15.6 Å². The monoisotopic (exact) mass is 269 g/mol. The highest BCUT2D eigenvalue weighted by atomic mass is 32.2. The van der Waals surface area contributed by atoms with E-state index in [2.05, 4.69) is 11.6 Å². The van der Waals surface area contributed by atoms with Gasteiger partial charge in [0.15, 0.2) is 0 Å². The SMILES string of the molecule is CCCCC(C)(C)NS(=O)(=O)c1ccc(C)cc1. The van der Waals surface area contributed by atoms with Gasteiger partial charge in [0, 0.05) is 5.54 Å². The van der Waals surface area contributed by atoms with E-state index in [-0.39, 0.29) is 0 Å². The summed E-state index contributed by atoms with van der Waals surface area (Å²) in [4.78, 5) is 0.331. The van der Waals surface area contributed by atoms with E-state index in [1.807, 2.05) is 32.9 Å². The summed E-state index contributed by atoms with van der Waals surface area (Å²) in [5, 5.41) is 0. The van der Waals surface area contributed by atoms with Crippen molar-refractivity contribution >= 4 is 10.0 Å². The van der Waals surface area contributed by atoms with E-state index in [0.717, 1.165) is 24.8 Å². The van der Waals surface area contributed by atoms with Crippen molar-refractivity contribution in [1.82, 2.24) is 4.72 Å². The van der Waals surface area contributed by atoms with Crippen molar-refractivity contribution in [2.75, 3.05) is 0 Å². The summed E-state index contributed by atoms with van der Waals surface area (Å²) in [6.07, 6.45) is 2.92. The lowest BCUT2D eigenvalue weighted by Gasteiger charge is -2.25. The van der Waals surface area contributed by atoms with Crippen LogP contribution in [0.2, 0.25) is 0 Å². The molecule has 0 saturated carbocycles. The zero-order chi connectivity index (χ0) is 13.8. The molecular formula is C14H23NO2S. The Kier molecular flexibility index (Phi) is 4.93. The van der Waals surface area contributed by atoms with Gasteiger partial charge in [-0.15, -0.1) is 0 Å². The molecule has 0 aliphatic rings. The van der Waals surface area contributed by atoms with Gasteiger partial charge in [0.2, 0.25) is 10.0 Å². The van der Waals surface area contributed by atoms with Crippen LogP contribution in [-0.2, 0) is 10.0 Å². The van der Waals surface area contributed by atoms with Crippen LogP contribution in [0, 0.1) is 6.92 Å². The van der Waals surface area contributed by atoms with Crippen LogP contribution in [0.3, 0.4) is 0 Å². The van der Waals surface area contributed by atoms with Crippen LogP contribution in [0.1, 0.15) is 45.6 Å². The molecule has 1 aromatic rings. The lowest BCUT2D eigenvalue weighted by molar-refractivity contribution is 0.408. The Labute approximate surface area is 111 Å². The average Bonchev–Trinajstić information content (AvgIpc) is 2.25. The molecule has 0 bridgehead atoms. The largest absolute Gasteiger partial charge is 0.241 e. The number of hydrogen-bond acceptors (Lipinski definition) is 2. The highest BCUT2D eigenvalue weighted by Crippen LogP contribution is 2.18. The van der Waals surface area contributed by atoms with Crippen molar-refractivity contribution in [3.05, 3.63) is 29.8 Å². The van der Waals surface area contributed by atoms with Gasteiger partial charge in [-0.2, -0.15) is 0 Å². The predicted molar refractivity (Wildman–Crippen MR) is 75.1 cm³/mol. The third-order valence-corrected chi connectivity index (χ3v) is 4.61. The molecule has 0 heterocycles. The van der Waals surface area contributed by atoms with Crippen LogP contribution in [0.15, 0.2) is 29.2 Å². The van der Waals surface area contributed by atoms with Gasteiger partial charge in [-0.3, -0.25) is 0 Å². The Morgan fingerprint density at radius 1 is 1.17 bits per heavy atom. The van der Waals surface area contributed by atoms with Crippen molar-refractivity contribution in [2.24, 2.45) is 0 Å². The first-order valence-electron chi connectivity index (χ1n) is 6.37. The fraction of sp³-hybridized carbons (Fsp3) is 0.571. The molecule has 0 atom stereocenters. The smallest absolute Gasteiger partial charge is 0.207 e. The van der Waals surface area contributed by atoms with Gasteiger partial charge in [0.05, 0.1) is 4.90 Å². The number of nitrogens with one attached hydrogen (secondary N) is 1. The van der Waals surface area contributed by atoms with Gasteiger partial charge >= 0.3 is 0 Å². The van der Waals surface area contributed by atoms with Crippen molar-refractivity contribution in [2.45, 2.75) is 57.4 Å². The molecule has 102 valence electrons. The second-order valence-corrected chi connectivity index (χ2v) is 7.09. The molecule has 0 fully saturated rings. The third-order valence-electron chi connectivity index (χ3n) is 2.90. The Morgan fingerprint density at radius 3 is 2.22 bits per heavy atom. The molecule has 0 aromatic heterocycles. The molecule has 0 amide bonds. The molecule has 0 radical (unpaired) electrons. The van der Waals surface area contributed by atoms with Crippen LogP contribution < -0.4 is 4.72 Å².